The number of Topliss-reactive ketones (excluding diaryl/α,β-unsaturated/α-hetero) is 1. The minimum Gasteiger partial charge on any atom is -0.294 e. The van der Waals surface area contributed by atoms with Crippen LogP contribution in [0, 0.1) is 0 Å². The summed E-state index contributed by atoms with van der Waals surface area (Å²) in [5.74, 6) is 0.248. The molecule has 0 aliphatic carbocycles. The number of rotatable bonds is 7. The number of allylic oxidation sites excluding steroid dienone is 1. The van der Waals surface area contributed by atoms with Crippen LogP contribution >= 0.6 is 0 Å². The van der Waals surface area contributed by atoms with Gasteiger partial charge in [0.15, 0.2) is 5.78 Å². The molecule has 1 heteroatoms. The highest BCUT2D eigenvalue weighted by Gasteiger charge is 2.03. The normalized spacial score (nSPS) is 10.8. The molecular weight excluding hydrogens is 244 g/mol. The number of carbonyl (C=O) groups excluding carboxylic acids is 1. The van der Waals surface area contributed by atoms with Gasteiger partial charge in [-0.25, -0.2) is 0 Å². The van der Waals surface area contributed by atoms with Gasteiger partial charge in [0.25, 0.3) is 0 Å². The fraction of sp³-hybridized carbons (Fsp3) is 0.211. The van der Waals surface area contributed by atoms with E-state index < -0.39 is 0 Å². The predicted octanol–water partition coefficient (Wildman–Crippen LogP) is 5.14. The third kappa shape index (κ3) is 4.85. The molecule has 0 radical (unpaired) electrons. The third-order valence-corrected chi connectivity index (χ3v) is 3.23. The van der Waals surface area contributed by atoms with Gasteiger partial charge in [0, 0.05) is 12.0 Å². The molecule has 2 aromatic carbocycles. The molecule has 0 saturated heterocycles. The molecule has 20 heavy (non-hydrogen) atoms. The largest absolute Gasteiger partial charge is 0.294 e. The lowest BCUT2D eigenvalue weighted by Gasteiger charge is -2.00. The van der Waals surface area contributed by atoms with E-state index in [9.17, 15) is 4.79 Å². The highest BCUT2D eigenvalue weighted by Crippen LogP contribution is 2.09. The van der Waals surface area contributed by atoms with Gasteiger partial charge in [-0.15, -0.1) is 0 Å². The molecule has 0 N–H and O–H groups in total. The number of hydrogen-bond donors (Lipinski definition) is 0. The first kappa shape index (κ1) is 14.3. The minimum atomic E-state index is 0.248. The average Bonchev–Trinajstić information content (AvgIpc) is 2.52. The Labute approximate surface area is 121 Å². The molecule has 0 aliphatic heterocycles. The van der Waals surface area contributed by atoms with Gasteiger partial charge < -0.3 is 0 Å². The van der Waals surface area contributed by atoms with Crippen molar-refractivity contribution in [3.8, 4) is 0 Å². The van der Waals surface area contributed by atoms with Gasteiger partial charge in [-0.05, 0) is 24.8 Å². The Morgan fingerprint density at radius 2 is 1.50 bits per heavy atom. The van der Waals surface area contributed by atoms with Gasteiger partial charge in [-0.3, -0.25) is 4.79 Å². The van der Waals surface area contributed by atoms with Gasteiger partial charge in [-0.1, -0.05) is 72.8 Å². The Balaban J connectivity index is 1.65. The van der Waals surface area contributed by atoms with Crippen LogP contribution in [0.3, 0.4) is 0 Å². The van der Waals surface area contributed by atoms with E-state index >= 15 is 0 Å². The molecule has 102 valence electrons. The smallest absolute Gasteiger partial charge is 0.162 e. The van der Waals surface area contributed by atoms with Crippen molar-refractivity contribution in [1.82, 2.24) is 0 Å². The zero-order valence-electron chi connectivity index (χ0n) is 11.7. The molecular formula is C19H20O. The monoisotopic (exact) mass is 264 g/mol. The molecule has 0 bridgehead atoms. The molecule has 0 unspecified atom stereocenters. The minimum absolute atomic E-state index is 0.248. The van der Waals surface area contributed by atoms with Crippen LogP contribution < -0.4 is 0 Å². The molecule has 2 aromatic rings. The summed E-state index contributed by atoms with van der Waals surface area (Å²) in [6, 6.07) is 19.8. The Hall–Kier alpha value is -2.15. The van der Waals surface area contributed by atoms with Gasteiger partial charge in [0.1, 0.15) is 0 Å². The quantitative estimate of drug-likeness (QED) is 0.499. The lowest BCUT2D eigenvalue weighted by Crippen LogP contribution is -1.97. The molecule has 0 aliphatic rings. The van der Waals surface area contributed by atoms with E-state index in [2.05, 4.69) is 24.3 Å². The van der Waals surface area contributed by atoms with Crippen LogP contribution in [0.2, 0.25) is 0 Å². The highest BCUT2D eigenvalue weighted by atomic mass is 16.1. The van der Waals surface area contributed by atoms with E-state index in [1.54, 1.807) is 0 Å². The molecule has 2 rings (SSSR count). The fourth-order valence-corrected chi connectivity index (χ4v) is 2.10. The summed E-state index contributed by atoms with van der Waals surface area (Å²) in [6.07, 6.45) is 8.00. The molecule has 0 heterocycles. The number of ketones is 1. The summed E-state index contributed by atoms with van der Waals surface area (Å²) in [5.41, 5.74) is 2.06. The van der Waals surface area contributed by atoms with E-state index in [1.807, 2.05) is 48.5 Å². The second-order valence-corrected chi connectivity index (χ2v) is 4.85. The maximum absolute atomic E-state index is 11.9. The number of benzene rings is 2. The van der Waals surface area contributed by atoms with Gasteiger partial charge in [0.05, 0.1) is 0 Å². The fourth-order valence-electron chi connectivity index (χ4n) is 2.10. The topological polar surface area (TPSA) is 17.1 Å². The van der Waals surface area contributed by atoms with Gasteiger partial charge >= 0.3 is 0 Å². The van der Waals surface area contributed by atoms with Crippen LogP contribution in [0.25, 0.3) is 6.08 Å². The van der Waals surface area contributed by atoms with Crippen LogP contribution in [-0.2, 0) is 0 Å². The van der Waals surface area contributed by atoms with Crippen LogP contribution in [-0.4, -0.2) is 5.78 Å². The van der Waals surface area contributed by atoms with E-state index in [0.29, 0.717) is 6.42 Å². The van der Waals surface area contributed by atoms with Crippen molar-refractivity contribution in [1.29, 1.82) is 0 Å². The Morgan fingerprint density at radius 3 is 2.20 bits per heavy atom. The lowest BCUT2D eigenvalue weighted by atomic mass is 10.0. The van der Waals surface area contributed by atoms with Crippen LogP contribution in [0.15, 0.2) is 66.7 Å². The maximum atomic E-state index is 11.9. The van der Waals surface area contributed by atoms with Crippen LogP contribution in [0.1, 0.15) is 41.6 Å². The SMILES string of the molecule is O=C(CCCCC=Cc1ccccc1)c1ccccc1. The van der Waals surface area contributed by atoms with E-state index in [4.69, 9.17) is 0 Å². The van der Waals surface area contributed by atoms with Gasteiger partial charge in [0.2, 0.25) is 0 Å². The third-order valence-electron chi connectivity index (χ3n) is 3.23. The van der Waals surface area contributed by atoms with E-state index in [0.717, 1.165) is 24.8 Å². The van der Waals surface area contributed by atoms with E-state index in [-0.39, 0.29) is 5.78 Å². The molecule has 1 nitrogen and oxygen atoms in total. The summed E-state index contributed by atoms with van der Waals surface area (Å²) in [4.78, 5) is 11.9. The molecule has 0 spiro atoms. The molecule has 0 amide bonds. The van der Waals surface area contributed by atoms with Crippen molar-refractivity contribution in [2.24, 2.45) is 0 Å². The first-order valence-electron chi connectivity index (χ1n) is 7.16. The molecule has 0 saturated carbocycles. The van der Waals surface area contributed by atoms with Crippen LogP contribution in [0.4, 0.5) is 0 Å². The zero-order valence-corrected chi connectivity index (χ0v) is 11.7. The Bertz CT molecular complexity index is 540. The maximum Gasteiger partial charge on any atom is 0.162 e. The van der Waals surface area contributed by atoms with E-state index in [1.165, 1.54) is 5.56 Å². The average molecular weight is 264 g/mol. The Morgan fingerprint density at radius 1 is 0.850 bits per heavy atom. The first-order valence-corrected chi connectivity index (χ1v) is 7.16. The molecule has 0 fully saturated rings. The first-order chi connectivity index (χ1) is 9.86. The van der Waals surface area contributed by atoms with Crippen molar-refractivity contribution in [2.45, 2.75) is 25.7 Å². The van der Waals surface area contributed by atoms with Crippen molar-refractivity contribution >= 4 is 11.9 Å². The summed E-state index contributed by atoms with van der Waals surface area (Å²) in [6.45, 7) is 0. The van der Waals surface area contributed by atoms with Crippen molar-refractivity contribution in [3.05, 3.63) is 77.9 Å². The lowest BCUT2D eigenvalue weighted by molar-refractivity contribution is 0.0979. The second kappa shape index (κ2) is 8.11. The molecule has 0 aromatic heterocycles. The highest BCUT2D eigenvalue weighted by molar-refractivity contribution is 5.95. The van der Waals surface area contributed by atoms with Crippen molar-refractivity contribution < 1.29 is 4.79 Å². The number of unbranched alkanes of at least 4 members (excludes halogenated alkanes) is 2. The number of carbonyl (C=O) groups is 1. The number of hydrogen-bond acceptors (Lipinski definition) is 1. The summed E-state index contributed by atoms with van der Waals surface area (Å²) in [5, 5.41) is 0. The van der Waals surface area contributed by atoms with Crippen molar-refractivity contribution in [3.63, 3.8) is 0 Å². The summed E-state index contributed by atoms with van der Waals surface area (Å²) >= 11 is 0. The Kier molecular flexibility index (Phi) is 5.78. The zero-order chi connectivity index (χ0) is 14.0. The van der Waals surface area contributed by atoms with Gasteiger partial charge in [-0.2, -0.15) is 0 Å². The second-order valence-electron chi connectivity index (χ2n) is 4.85. The summed E-state index contributed by atoms with van der Waals surface area (Å²) < 4.78 is 0. The van der Waals surface area contributed by atoms with Crippen molar-refractivity contribution in [2.75, 3.05) is 0 Å². The predicted molar refractivity (Wildman–Crippen MR) is 84.7 cm³/mol. The summed E-state index contributed by atoms with van der Waals surface area (Å²) in [7, 11) is 0. The molecule has 0 atom stereocenters. The van der Waals surface area contributed by atoms with Crippen LogP contribution in [0.5, 0.6) is 0 Å². The standard InChI is InChI=1S/C19H20O/c20-19(18-14-8-4-9-15-18)16-10-2-1-5-11-17-12-6-3-7-13-17/h3-9,11-15H,1-2,10,16H2.